The summed E-state index contributed by atoms with van der Waals surface area (Å²) in [5.74, 6) is 1.93. The Morgan fingerprint density at radius 1 is 0.741 bits per heavy atom. The number of allylic oxidation sites excluding steroid dienone is 1. The van der Waals surface area contributed by atoms with E-state index in [0.29, 0.717) is 36.2 Å². The highest BCUT2D eigenvalue weighted by Gasteiger charge is 2.32. The molecule has 0 bridgehead atoms. The highest BCUT2D eigenvalue weighted by Crippen LogP contribution is 2.29. The molecule has 0 fully saturated rings. The van der Waals surface area contributed by atoms with Gasteiger partial charge in [-0.3, -0.25) is 0 Å². The van der Waals surface area contributed by atoms with Crippen molar-refractivity contribution in [3.63, 3.8) is 0 Å². The predicted octanol–water partition coefficient (Wildman–Crippen LogP) is 5.21. The number of hydrogen-bond donors (Lipinski definition) is 0. The van der Waals surface area contributed by atoms with Crippen molar-refractivity contribution in [3.05, 3.63) is 11.6 Å². The van der Waals surface area contributed by atoms with Gasteiger partial charge < -0.3 is 18.9 Å². The molecule has 162 valence electrons. The van der Waals surface area contributed by atoms with Crippen LogP contribution in [0.3, 0.4) is 0 Å². The Morgan fingerprint density at radius 3 is 1.67 bits per heavy atom. The van der Waals surface area contributed by atoms with Gasteiger partial charge in [-0.05, 0) is 25.2 Å². The van der Waals surface area contributed by atoms with Crippen LogP contribution in [0, 0.1) is 29.6 Å². The maximum Gasteiger partial charge on any atom is 0.0678 e. The summed E-state index contributed by atoms with van der Waals surface area (Å²) < 4.78 is 22.7. The molecule has 0 aromatic rings. The standard InChI is InChI=1S/C23H46O4/c1-15(2)21(25-9)20(7)23(27-11)18(5)13-16(3)12-17(4)22(26-10)19(6)14-24-8/h12,15,17-23H,13-14H2,1-11H3/b16-12-. The first-order valence-electron chi connectivity index (χ1n) is 10.4. The van der Waals surface area contributed by atoms with Crippen LogP contribution in [0.5, 0.6) is 0 Å². The summed E-state index contributed by atoms with van der Waals surface area (Å²) in [5, 5.41) is 0. The Morgan fingerprint density at radius 2 is 1.26 bits per heavy atom. The number of methoxy groups -OCH3 is 4. The maximum absolute atomic E-state index is 5.90. The zero-order valence-corrected chi connectivity index (χ0v) is 19.7. The van der Waals surface area contributed by atoms with E-state index in [9.17, 15) is 0 Å². The smallest absolute Gasteiger partial charge is 0.0678 e. The molecule has 0 saturated heterocycles. The molecule has 0 spiro atoms. The molecule has 0 radical (unpaired) electrons. The quantitative estimate of drug-likeness (QED) is 0.384. The molecular formula is C23H46O4. The first-order valence-corrected chi connectivity index (χ1v) is 10.4. The van der Waals surface area contributed by atoms with Crippen molar-refractivity contribution in [2.75, 3.05) is 35.0 Å². The first kappa shape index (κ1) is 26.6. The van der Waals surface area contributed by atoms with Crippen molar-refractivity contribution in [1.29, 1.82) is 0 Å². The van der Waals surface area contributed by atoms with Gasteiger partial charge in [-0.1, -0.05) is 53.2 Å². The summed E-state index contributed by atoms with van der Waals surface area (Å²) in [4.78, 5) is 0. The molecule has 4 nitrogen and oxygen atoms in total. The molecule has 27 heavy (non-hydrogen) atoms. The third kappa shape index (κ3) is 8.64. The number of rotatable bonds is 14. The zero-order valence-electron chi connectivity index (χ0n) is 19.7. The van der Waals surface area contributed by atoms with Crippen LogP contribution < -0.4 is 0 Å². The fourth-order valence-corrected chi connectivity index (χ4v) is 4.80. The highest BCUT2D eigenvalue weighted by molar-refractivity contribution is 5.04. The van der Waals surface area contributed by atoms with Crippen LogP contribution in [0.2, 0.25) is 0 Å². The van der Waals surface area contributed by atoms with Gasteiger partial charge in [0.05, 0.1) is 24.9 Å². The minimum atomic E-state index is 0.158. The lowest BCUT2D eigenvalue weighted by Crippen LogP contribution is -2.39. The van der Waals surface area contributed by atoms with E-state index in [1.807, 2.05) is 7.11 Å². The monoisotopic (exact) mass is 386 g/mol. The second-order valence-corrected chi connectivity index (χ2v) is 8.69. The first-order chi connectivity index (χ1) is 12.6. The molecule has 0 saturated carbocycles. The minimum Gasteiger partial charge on any atom is -0.384 e. The molecule has 0 aliphatic carbocycles. The van der Waals surface area contributed by atoms with Gasteiger partial charge in [-0.2, -0.15) is 0 Å². The van der Waals surface area contributed by atoms with Crippen LogP contribution in [0.25, 0.3) is 0 Å². The van der Waals surface area contributed by atoms with Crippen LogP contribution in [-0.2, 0) is 18.9 Å². The number of hydrogen-bond acceptors (Lipinski definition) is 4. The zero-order chi connectivity index (χ0) is 21.1. The summed E-state index contributed by atoms with van der Waals surface area (Å²) >= 11 is 0. The van der Waals surface area contributed by atoms with Crippen molar-refractivity contribution in [1.82, 2.24) is 0 Å². The average Bonchev–Trinajstić information content (AvgIpc) is 2.56. The molecule has 7 atom stereocenters. The van der Waals surface area contributed by atoms with Crippen molar-refractivity contribution in [2.45, 2.75) is 73.2 Å². The van der Waals surface area contributed by atoms with Crippen LogP contribution in [-0.4, -0.2) is 53.4 Å². The van der Waals surface area contributed by atoms with Gasteiger partial charge in [0, 0.05) is 46.2 Å². The van der Waals surface area contributed by atoms with Gasteiger partial charge in [0.1, 0.15) is 0 Å². The van der Waals surface area contributed by atoms with Crippen LogP contribution in [0.15, 0.2) is 11.6 Å². The summed E-state index contributed by atoms with van der Waals surface area (Å²) in [6, 6.07) is 0. The molecule has 7 unspecified atom stereocenters. The van der Waals surface area contributed by atoms with E-state index in [4.69, 9.17) is 18.9 Å². The van der Waals surface area contributed by atoms with Gasteiger partial charge >= 0.3 is 0 Å². The third-order valence-corrected chi connectivity index (χ3v) is 5.77. The Bertz CT molecular complexity index is 407. The van der Waals surface area contributed by atoms with Crippen LogP contribution in [0.1, 0.15) is 54.9 Å². The lowest BCUT2D eigenvalue weighted by molar-refractivity contribution is -0.0645. The molecule has 0 amide bonds. The molecule has 0 aliphatic rings. The molecule has 0 aromatic heterocycles. The van der Waals surface area contributed by atoms with Gasteiger partial charge in [0.2, 0.25) is 0 Å². The fourth-order valence-electron chi connectivity index (χ4n) is 4.80. The SMILES string of the molecule is COCC(C)C(OC)C(C)/C=C(/C)CC(C)C(OC)C(C)C(OC)C(C)C. The van der Waals surface area contributed by atoms with Crippen molar-refractivity contribution < 1.29 is 18.9 Å². The minimum absolute atomic E-state index is 0.158. The molecule has 0 N–H and O–H groups in total. The van der Waals surface area contributed by atoms with E-state index in [0.717, 1.165) is 6.42 Å². The molecule has 4 heteroatoms. The summed E-state index contributed by atoms with van der Waals surface area (Å²) in [6.45, 7) is 16.3. The molecule has 0 aromatic carbocycles. The van der Waals surface area contributed by atoms with E-state index >= 15 is 0 Å². The summed E-state index contributed by atoms with van der Waals surface area (Å²) in [7, 11) is 7.16. The Hall–Kier alpha value is -0.420. The fraction of sp³-hybridized carbons (Fsp3) is 0.913. The second kappa shape index (κ2) is 13.7. The maximum atomic E-state index is 5.90. The van der Waals surface area contributed by atoms with Crippen LogP contribution in [0.4, 0.5) is 0 Å². The van der Waals surface area contributed by atoms with Gasteiger partial charge in [-0.15, -0.1) is 0 Å². The second-order valence-electron chi connectivity index (χ2n) is 8.69. The highest BCUT2D eigenvalue weighted by atomic mass is 16.5. The number of ether oxygens (including phenoxy) is 4. The lowest BCUT2D eigenvalue weighted by Gasteiger charge is -2.35. The predicted molar refractivity (Wildman–Crippen MR) is 114 cm³/mol. The van der Waals surface area contributed by atoms with Crippen LogP contribution >= 0.6 is 0 Å². The average molecular weight is 387 g/mol. The van der Waals surface area contributed by atoms with E-state index in [2.05, 4.69) is 54.5 Å². The largest absolute Gasteiger partial charge is 0.384 e. The van der Waals surface area contributed by atoms with Gasteiger partial charge in [0.25, 0.3) is 0 Å². The Labute approximate surface area is 169 Å². The Balaban J connectivity index is 5.06. The third-order valence-electron chi connectivity index (χ3n) is 5.77. The summed E-state index contributed by atoms with van der Waals surface area (Å²) in [6.07, 6.45) is 3.89. The topological polar surface area (TPSA) is 36.9 Å². The summed E-state index contributed by atoms with van der Waals surface area (Å²) in [5.41, 5.74) is 1.38. The van der Waals surface area contributed by atoms with Gasteiger partial charge in [0.15, 0.2) is 0 Å². The van der Waals surface area contributed by atoms with E-state index in [1.54, 1.807) is 21.3 Å². The van der Waals surface area contributed by atoms with Crippen molar-refractivity contribution >= 4 is 0 Å². The normalized spacial score (nSPS) is 20.8. The van der Waals surface area contributed by atoms with E-state index in [-0.39, 0.29) is 18.3 Å². The van der Waals surface area contributed by atoms with E-state index in [1.165, 1.54) is 5.57 Å². The van der Waals surface area contributed by atoms with Gasteiger partial charge in [-0.25, -0.2) is 0 Å². The van der Waals surface area contributed by atoms with Crippen molar-refractivity contribution in [2.24, 2.45) is 29.6 Å². The molecule has 0 rings (SSSR count). The van der Waals surface area contributed by atoms with E-state index < -0.39 is 0 Å². The molecular weight excluding hydrogens is 340 g/mol. The molecule has 0 heterocycles. The lowest BCUT2D eigenvalue weighted by atomic mass is 9.81. The Kier molecular flexibility index (Phi) is 13.5. The molecule has 0 aliphatic heterocycles. The van der Waals surface area contributed by atoms with Crippen molar-refractivity contribution in [3.8, 4) is 0 Å².